The van der Waals surface area contributed by atoms with Crippen LogP contribution in [0.15, 0.2) is 36.7 Å². The van der Waals surface area contributed by atoms with E-state index in [0.717, 1.165) is 17.9 Å². The summed E-state index contributed by atoms with van der Waals surface area (Å²) in [6, 6.07) is 7.66. The minimum Gasteiger partial charge on any atom is -0.491 e. The molecule has 0 fully saturated rings. The number of benzene rings is 1. The third-order valence-electron chi connectivity index (χ3n) is 2.94. The molecule has 5 nitrogen and oxygen atoms in total. The zero-order valence-electron chi connectivity index (χ0n) is 12.0. The Morgan fingerprint density at radius 1 is 1.38 bits per heavy atom. The van der Waals surface area contributed by atoms with Gasteiger partial charge in [-0.05, 0) is 25.5 Å². The average Bonchev–Trinajstić information content (AvgIpc) is 2.48. The zero-order valence-corrected chi connectivity index (χ0v) is 12.9. The van der Waals surface area contributed by atoms with Gasteiger partial charge < -0.3 is 15.8 Å². The van der Waals surface area contributed by atoms with Gasteiger partial charge in [0, 0.05) is 24.1 Å². The van der Waals surface area contributed by atoms with Crippen molar-refractivity contribution in [2.24, 2.45) is 5.73 Å². The zero-order chi connectivity index (χ0) is 15.2. The highest BCUT2D eigenvalue weighted by atomic mass is 32.1. The van der Waals surface area contributed by atoms with Crippen LogP contribution in [0.3, 0.4) is 0 Å². The fourth-order valence-electron chi connectivity index (χ4n) is 1.71. The van der Waals surface area contributed by atoms with Gasteiger partial charge in [0.05, 0.1) is 6.10 Å². The van der Waals surface area contributed by atoms with Crippen LogP contribution in [0, 0.1) is 0 Å². The van der Waals surface area contributed by atoms with E-state index in [4.69, 9.17) is 22.7 Å². The SMILES string of the molecule is CCC(C)Oc1cccc(Nc2nccnc2C(N)=S)c1. The monoisotopic (exact) mass is 302 g/mol. The Labute approximate surface area is 129 Å². The van der Waals surface area contributed by atoms with E-state index in [0.29, 0.717) is 11.5 Å². The molecule has 0 bridgehead atoms. The molecular formula is C15H18N4OS. The number of thiocarbonyl (C=S) groups is 1. The van der Waals surface area contributed by atoms with E-state index in [9.17, 15) is 0 Å². The van der Waals surface area contributed by atoms with Gasteiger partial charge in [-0.15, -0.1) is 0 Å². The van der Waals surface area contributed by atoms with Crippen molar-refractivity contribution >= 4 is 28.7 Å². The summed E-state index contributed by atoms with van der Waals surface area (Å²) in [6.07, 6.45) is 4.27. The van der Waals surface area contributed by atoms with Gasteiger partial charge >= 0.3 is 0 Å². The number of ether oxygens (including phenoxy) is 1. The van der Waals surface area contributed by atoms with Gasteiger partial charge in [-0.2, -0.15) is 0 Å². The van der Waals surface area contributed by atoms with E-state index < -0.39 is 0 Å². The van der Waals surface area contributed by atoms with E-state index in [1.807, 2.05) is 31.2 Å². The second-order valence-corrected chi connectivity index (χ2v) is 5.05. The molecule has 0 saturated carbocycles. The Morgan fingerprint density at radius 3 is 2.86 bits per heavy atom. The normalized spacial score (nSPS) is 11.7. The second-order valence-electron chi connectivity index (χ2n) is 4.61. The first-order valence-electron chi connectivity index (χ1n) is 6.74. The van der Waals surface area contributed by atoms with Crippen molar-refractivity contribution in [1.82, 2.24) is 9.97 Å². The average molecular weight is 302 g/mol. The highest BCUT2D eigenvalue weighted by molar-refractivity contribution is 7.80. The van der Waals surface area contributed by atoms with Crippen molar-refractivity contribution in [2.45, 2.75) is 26.4 Å². The topological polar surface area (TPSA) is 73.1 Å². The van der Waals surface area contributed by atoms with Crippen LogP contribution in [-0.2, 0) is 0 Å². The molecule has 0 spiro atoms. The predicted octanol–water partition coefficient (Wildman–Crippen LogP) is 3.03. The molecule has 1 atom stereocenters. The van der Waals surface area contributed by atoms with Crippen molar-refractivity contribution in [1.29, 1.82) is 0 Å². The smallest absolute Gasteiger partial charge is 0.159 e. The molecule has 3 N–H and O–H groups in total. The molecule has 2 aromatic rings. The van der Waals surface area contributed by atoms with Crippen molar-refractivity contribution in [2.75, 3.05) is 5.32 Å². The minimum absolute atomic E-state index is 0.170. The molecule has 21 heavy (non-hydrogen) atoms. The molecule has 0 amide bonds. The summed E-state index contributed by atoms with van der Waals surface area (Å²) in [5.74, 6) is 1.33. The number of rotatable bonds is 6. The molecule has 0 aliphatic carbocycles. The highest BCUT2D eigenvalue weighted by Crippen LogP contribution is 2.22. The standard InChI is InChI=1S/C15H18N4OS/c1-3-10(2)20-12-6-4-5-11(9-12)19-15-13(14(16)21)17-7-8-18-15/h4-10H,3H2,1-2H3,(H2,16,21)(H,18,19). The predicted molar refractivity (Wildman–Crippen MR) is 88.0 cm³/mol. The first kappa shape index (κ1) is 15.2. The Kier molecular flexibility index (Phi) is 5.05. The van der Waals surface area contributed by atoms with Gasteiger partial charge in [0.2, 0.25) is 0 Å². The van der Waals surface area contributed by atoms with Gasteiger partial charge in [-0.25, -0.2) is 9.97 Å². The molecule has 2 rings (SSSR count). The molecule has 6 heteroatoms. The molecule has 1 aromatic heterocycles. The van der Waals surface area contributed by atoms with Crippen molar-refractivity contribution in [3.63, 3.8) is 0 Å². The molecular weight excluding hydrogens is 284 g/mol. The van der Waals surface area contributed by atoms with Gasteiger partial charge in [-0.3, -0.25) is 0 Å². The summed E-state index contributed by atoms with van der Waals surface area (Å²) in [5.41, 5.74) is 6.96. The summed E-state index contributed by atoms with van der Waals surface area (Å²) in [7, 11) is 0. The number of anilines is 2. The van der Waals surface area contributed by atoms with Crippen LogP contribution in [0.1, 0.15) is 26.0 Å². The van der Waals surface area contributed by atoms with Crippen LogP contribution in [0.25, 0.3) is 0 Å². The van der Waals surface area contributed by atoms with E-state index in [1.54, 1.807) is 12.4 Å². The number of nitrogens with two attached hydrogens (primary N) is 1. The van der Waals surface area contributed by atoms with Gasteiger partial charge in [0.1, 0.15) is 16.4 Å². The molecule has 0 radical (unpaired) electrons. The van der Waals surface area contributed by atoms with Crippen molar-refractivity contribution in [3.05, 3.63) is 42.4 Å². The van der Waals surface area contributed by atoms with E-state index in [2.05, 4.69) is 22.2 Å². The lowest BCUT2D eigenvalue weighted by Crippen LogP contribution is -2.15. The number of hydrogen-bond donors (Lipinski definition) is 2. The van der Waals surface area contributed by atoms with E-state index >= 15 is 0 Å². The highest BCUT2D eigenvalue weighted by Gasteiger charge is 2.09. The Morgan fingerprint density at radius 2 is 2.14 bits per heavy atom. The molecule has 0 saturated heterocycles. The van der Waals surface area contributed by atoms with Crippen LogP contribution in [-0.4, -0.2) is 21.1 Å². The second kappa shape index (κ2) is 6.99. The minimum atomic E-state index is 0.170. The van der Waals surface area contributed by atoms with Crippen LogP contribution in [0.2, 0.25) is 0 Å². The summed E-state index contributed by atoms with van der Waals surface area (Å²) in [4.78, 5) is 8.56. The molecule has 1 heterocycles. The summed E-state index contributed by atoms with van der Waals surface area (Å²) in [5, 5.41) is 3.16. The Bertz CT molecular complexity index is 633. The van der Waals surface area contributed by atoms with Gasteiger partial charge in [-0.1, -0.05) is 25.2 Å². The maximum Gasteiger partial charge on any atom is 0.159 e. The fraction of sp³-hybridized carbons (Fsp3) is 0.267. The van der Waals surface area contributed by atoms with Crippen molar-refractivity contribution < 1.29 is 4.74 Å². The van der Waals surface area contributed by atoms with Crippen LogP contribution in [0.5, 0.6) is 5.75 Å². The third kappa shape index (κ3) is 4.13. The third-order valence-corrected chi connectivity index (χ3v) is 3.13. The lowest BCUT2D eigenvalue weighted by molar-refractivity contribution is 0.217. The summed E-state index contributed by atoms with van der Waals surface area (Å²) >= 11 is 4.97. The maximum absolute atomic E-state index is 5.79. The first-order valence-corrected chi connectivity index (χ1v) is 7.15. The first-order chi connectivity index (χ1) is 10.1. The maximum atomic E-state index is 5.79. The van der Waals surface area contributed by atoms with Crippen molar-refractivity contribution in [3.8, 4) is 5.75 Å². The number of nitrogens with zero attached hydrogens (tertiary/aromatic N) is 2. The molecule has 0 aliphatic heterocycles. The molecule has 1 aromatic carbocycles. The van der Waals surface area contributed by atoms with E-state index in [1.165, 1.54) is 0 Å². The number of nitrogens with one attached hydrogen (secondary N) is 1. The van der Waals surface area contributed by atoms with Crippen LogP contribution < -0.4 is 15.8 Å². The fourth-order valence-corrected chi connectivity index (χ4v) is 1.86. The number of hydrogen-bond acceptors (Lipinski definition) is 5. The molecule has 0 aliphatic rings. The van der Waals surface area contributed by atoms with E-state index in [-0.39, 0.29) is 11.1 Å². The lowest BCUT2D eigenvalue weighted by Gasteiger charge is -2.14. The quantitative estimate of drug-likeness (QED) is 0.799. The Balaban J connectivity index is 2.20. The largest absolute Gasteiger partial charge is 0.491 e. The van der Waals surface area contributed by atoms with Crippen LogP contribution >= 0.6 is 12.2 Å². The van der Waals surface area contributed by atoms with Gasteiger partial charge in [0.15, 0.2) is 5.82 Å². The lowest BCUT2D eigenvalue weighted by atomic mass is 10.2. The number of aromatic nitrogens is 2. The summed E-state index contributed by atoms with van der Waals surface area (Å²) in [6.45, 7) is 4.12. The molecule has 1 unspecified atom stereocenters. The molecule has 110 valence electrons. The Hall–Kier alpha value is -2.21. The summed E-state index contributed by atoms with van der Waals surface area (Å²) < 4.78 is 5.79. The van der Waals surface area contributed by atoms with Crippen LogP contribution in [0.4, 0.5) is 11.5 Å². The van der Waals surface area contributed by atoms with Gasteiger partial charge in [0.25, 0.3) is 0 Å².